The third kappa shape index (κ3) is 2.28. The molecule has 0 saturated carbocycles. The molecule has 1 aromatic heterocycles. The Morgan fingerprint density at radius 1 is 1.48 bits per heavy atom. The lowest BCUT2D eigenvalue weighted by atomic mass is 10.1. The van der Waals surface area contributed by atoms with Gasteiger partial charge in [-0.2, -0.15) is 5.26 Å². The van der Waals surface area contributed by atoms with Crippen molar-refractivity contribution < 1.29 is 9.18 Å². The molecule has 7 heteroatoms. The van der Waals surface area contributed by atoms with Crippen molar-refractivity contribution in [1.82, 2.24) is 10.3 Å². The van der Waals surface area contributed by atoms with E-state index < -0.39 is 5.82 Å². The van der Waals surface area contributed by atoms with Crippen LogP contribution in [-0.4, -0.2) is 10.9 Å². The molecule has 0 saturated heterocycles. The molecule has 0 spiro atoms. The van der Waals surface area contributed by atoms with Gasteiger partial charge in [-0.05, 0) is 18.2 Å². The van der Waals surface area contributed by atoms with Crippen LogP contribution >= 0.6 is 11.6 Å². The van der Waals surface area contributed by atoms with Gasteiger partial charge in [0.2, 0.25) is 0 Å². The monoisotopic (exact) mass is 302 g/mol. The minimum Gasteiger partial charge on any atom is -0.348 e. The minimum atomic E-state index is -0.689. The quantitative estimate of drug-likeness (QED) is 0.836. The van der Waals surface area contributed by atoms with Crippen LogP contribution in [0, 0.1) is 17.1 Å². The van der Waals surface area contributed by atoms with Crippen molar-refractivity contribution in [3.63, 3.8) is 0 Å². The van der Waals surface area contributed by atoms with E-state index >= 15 is 0 Å². The largest absolute Gasteiger partial charge is 0.348 e. The predicted molar refractivity (Wildman–Crippen MR) is 74.8 cm³/mol. The molecule has 0 unspecified atom stereocenters. The maximum atomic E-state index is 13.9. The Morgan fingerprint density at radius 3 is 3.05 bits per heavy atom. The lowest BCUT2D eigenvalue weighted by molar-refractivity contribution is 0.0966. The Kier molecular flexibility index (Phi) is 3.20. The molecule has 1 aromatic carbocycles. The highest BCUT2D eigenvalue weighted by molar-refractivity contribution is 6.30. The smallest absolute Gasteiger partial charge is 0.251 e. The molecule has 1 aliphatic rings. The molecule has 5 nitrogen and oxygen atoms in total. The van der Waals surface area contributed by atoms with Crippen LogP contribution in [0.1, 0.15) is 21.5 Å². The number of nitrogens with one attached hydrogen (secondary N) is 2. The standard InChI is InChI=1S/C14H8ClFN4O/c15-12-7(5-17)4-10(16)13(20-12)19-11-3-1-2-8-9(11)6-18-14(8)21/h1-4H,6H2,(H,18,21)(H,19,20). The SMILES string of the molecule is N#Cc1cc(F)c(Nc2cccc3c2CNC3=O)nc1Cl. The number of hydrogen-bond acceptors (Lipinski definition) is 4. The Balaban J connectivity index is 2.01. The number of carbonyl (C=O) groups is 1. The molecule has 0 bridgehead atoms. The van der Waals surface area contributed by atoms with Crippen LogP contribution < -0.4 is 10.6 Å². The van der Waals surface area contributed by atoms with Crippen molar-refractivity contribution >= 4 is 29.0 Å². The first-order chi connectivity index (χ1) is 10.1. The van der Waals surface area contributed by atoms with Crippen LogP contribution in [0.2, 0.25) is 5.15 Å². The van der Waals surface area contributed by atoms with E-state index in [2.05, 4.69) is 15.6 Å². The fraction of sp³-hybridized carbons (Fsp3) is 0.0714. The van der Waals surface area contributed by atoms with Gasteiger partial charge < -0.3 is 10.6 Å². The zero-order valence-electron chi connectivity index (χ0n) is 10.6. The molecule has 0 radical (unpaired) electrons. The molecule has 0 fully saturated rings. The lowest BCUT2D eigenvalue weighted by Gasteiger charge is -2.10. The van der Waals surface area contributed by atoms with Gasteiger partial charge in [-0.15, -0.1) is 0 Å². The number of halogens is 2. The first-order valence-electron chi connectivity index (χ1n) is 6.03. The van der Waals surface area contributed by atoms with Crippen LogP contribution in [0.15, 0.2) is 24.3 Å². The number of carbonyl (C=O) groups excluding carboxylic acids is 1. The fourth-order valence-corrected chi connectivity index (χ4v) is 2.31. The number of rotatable bonds is 2. The summed E-state index contributed by atoms with van der Waals surface area (Å²) < 4.78 is 13.9. The van der Waals surface area contributed by atoms with E-state index in [9.17, 15) is 9.18 Å². The van der Waals surface area contributed by atoms with Gasteiger partial charge in [0, 0.05) is 23.4 Å². The molecule has 2 N–H and O–H groups in total. The molecule has 0 aliphatic carbocycles. The number of benzene rings is 1. The second kappa shape index (κ2) is 5.04. The van der Waals surface area contributed by atoms with Crippen LogP contribution in [0.25, 0.3) is 0 Å². The summed E-state index contributed by atoms with van der Waals surface area (Å²) in [5.41, 5.74) is 1.82. The Morgan fingerprint density at radius 2 is 2.29 bits per heavy atom. The summed E-state index contributed by atoms with van der Waals surface area (Å²) in [6, 6.07) is 7.87. The summed E-state index contributed by atoms with van der Waals surface area (Å²) in [5, 5.41) is 14.2. The summed E-state index contributed by atoms with van der Waals surface area (Å²) in [5.74, 6) is -0.947. The van der Waals surface area contributed by atoms with Crippen molar-refractivity contribution in [3.8, 4) is 6.07 Å². The van der Waals surface area contributed by atoms with Crippen molar-refractivity contribution in [2.24, 2.45) is 0 Å². The van der Waals surface area contributed by atoms with Crippen molar-refractivity contribution in [2.75, 3.05) is 5.32 Å². The molecule has 3 rings (SSSR count). The van der Waals surface area contributed by atoms with Crippen LogP contribution in [-0.2, 0) is 6.54 Å². The number of aromatic nitrogens is 1. The molecule has 1 amide bonds. The van der Waals surface area contributed by atoms with Crippen molar-refractivity contribution in [1.29, 1.82) is 5.26 Å². The highest BCUT2D eigenvalue weighted by Gasteiger charge is 2.22. The fourth-order valence-electron chi connectivity index (χ4n) is 2.13. The van der Waals surface area contributed by atoms with Crippen LogP contribution in [0.3, 0.4) is 0 Å². The Labute approximate surface area is 124 Å². The second-order valence-corrected chi connectivity index (χ2v) is 4.77. The van der Waals surface area contributed by atoms with E-state index in [0.29, 0.717) is 17.8 Å². The van der Waals surface area contributed by atoms with Gasteiger partial charge in [-0.25, -0.2) is 9.37 Å². The average Bonchev–Trinajstić information content (AvgIpc) is 2.85. The second-order valence-electron chi connectivity index (χ2n) is 4.41. The van der Waals surface area contributed by atoms with Crippen LogP contribution in [0.4, 0.5) is 15.9 Å². The molecule has 2 heterocycles. The summed E-state index contributed by atoms with van der Waals surface area (Å²) in [4.78, 5) is 15.4. The molecule has 0 atom stereocenters. The first-order valence-corrected chi connectivity index (χ1v) is 6.41. The number of amides is 1. The Hall–Kier alpha value is -2.65. The number of fused-ring (bicyclic) bond motifs is 1. The van der Waals surface area contributed by atoms with Gasteiger partial charge in [0.15, 0.2) is 11.6 Å². The zero-order chi connectivity index (χ0) is 15.0. The van der Waals surface area contributed by atoms with Crippen molar-refractivity contribution in [3.05, 3.63) is 51.9 Å². The van der Waals surface area contributed by atoms with E-state index in [1.807, 2.05) is 0 Å². The average molecular weight is 303 g/mol. The van der Waals surface area contributed by atoms with Crippen molar-refractivity contribution in [2.45, 2.75) is 6.54 Å². The molecular formula is C14H8ClFN4O. The Bertz CT molecular complexity index is 800. The number of nitriles is 1. The maximum Gasteiger partial charge on any atom is 0.251 e. The molecule has 2 aromatic rings. The van der Waals surface area contributed by atoms with E-state index in [4.69, 9.17) is 16.9 Å². The van der Waals surface area contributed by atoms with Gasteiger partial charge >= 0.3 is 0 Å². The highest BCUT2D eigenvalue weighted by Crippen LogP contribution is 2.28. The van der Waals surface area contributed by atoms with Gasteiger partial charge in [0.05, 0.1) is 5.56 Å². The van der Waals surface area contributed by atoms with E-state index in [1.165, 1.54) is 0 Å². The molecular weight excluding hydrogens is 295 g/mol. The van der Waals surface area contributed by atoms with E-state index in [-0.39, 0.29) is 22.4 Å². The van der Waals surface area contributed by atoms with E-state index in [1.54, 1.807) is 24.3 Å². The number of hydrogen-bond donors (Lipinski definition) is 2. The molecule has 104 valence electrons. The van der Waals surface area contributed by atoms with Gasteiger partial charge in [-0.1, -0.05) is 17.7 Å². The third-order valence-electron chi connectivity index (χ3n) is 3.15. The summed E-state index contributed by atoms with van der Waals surface area (Å²) in [6.07, 6.45) is 0. The van der Waals surface area contributed by atoms with Crippen LogP contribution in [0.5, 0.6) is 0 Å². The highest BCUT2D eigenvalue weighted by atomic mass is 35.5. The minimum absolute atomic E-state index is 0.0325. The summed E-state index contributed by atoms with van der Waals surface area (Å²) >= 11 is 5.80. The molecule has 1 aliphatic heterocycles. The topological polar surface area (TPSA) is 77.8 Å². The summed E-state index contributed by atoms with van der Waals surface area (Å²) in [7, 11) is 0. The van der Waals surface area contributed by atoms with Gasteiger partial charge in [-0.3, -0.25) is 4.79 Å². The number of anilines is 2. The lowest BCUT2D eigenvalue weighted by Crippen LogP contribution is -2.12. The summed E-state index contributed by atoms with van der Waals surface area (Å²) in [6.45, 7) is 0.364. The normalized spacial score (nSPS) is 12.5. The van der Waals surface area contributed by atoms with Gasteiger partial charge in [0.25, 0.3) is 5.91 Å². The first kappa shape index (κ1) is 13.3. The number of nitrogens with zero attached hydrogens (tertiary/aromatic N) is 2. The molecule has 21 heavy (non-hydrogen) atoms. The van der Waals surface area contributed by atoms with Gasteiger partial charge in [0.1, 0.15) is 11.2 Å². The number of pyridine rings is 1. The predicted octanol–water partition coefficient (Wildman–Crippen LogP) is 2.73. The van der Waals surface area contributed by atoms with E-state index in [0.717, 1.165) is 11.6 Å². The zero-order valence-corrected chi connectivity index (χ0v) is 11.3. The third-order valence-corrected chi connectivity index (χ3v) is 3.44. The maximum absolute atomic E-state index is 13.9.